The zero-order chi connectivity index (χ0) is 17.7. The van der Waals surface area contributed by atoms with Crippen LogP contribution in [-0.2, 0) is 0 Å². The van der Waals surface area contributed by atoms with Gasteiger partial charge in [0.25, 0.3) is 0 Å². The smallest absolute Gasteiger partial charge is 0.0936 e. The fourth-order valence-electron chi connectivity index (χ4n) is 6.94. The van der Waals surface area contributed by atoms with Crippen molar-refractivity contribution in [3.63, 3.8) is 0 Å². The van der Waals surface area contributed by atoms with Gasteiger partial charge in [0.15, 0.2) is 0 Å². The number of aliphatic hydroxyl groups excluding tert-OH is 2. The second-order valence-corrected chi connectivity index (χ2v) is 10.2. The Kier molecular flexibility index (Phi) is 3.29. The Labute approximate surface area is 144 Å². The van der Waals surface area contributed by atoms with E-state index in [9.17, 15) is 20.4 Å². The van der Waals surface area contributed by atoms with Crippen molar-refractivity contribution in [1.29, 1.82) is 0 Å². The van der Waals surface area contributed by atoms with Gasteiger partial charge < -0.3 is 20.4 Å². The molecule has 24 heavy (non-hydrogen) atoms. The summed E-state index contributed by atoms with van der Waals surface area (Å²) in [6.45, 7) is 10.0. The van der Waals surface area contributed by atoms with Gasteiger partial charge in [-0.25, -0.2) is 0 Å². The van der Waals surface area contributed by atoms with Crippen molar-refractivity contribution < 1.29 is 20.4 Å². The first-order valence-corrected chi connectivity index (χ1v) is 9.43. The first kappa shape index (κ1) is 17.0. The summed E-state index contributed by atoms with van der Waals surface area (Å²) in [4.78, 5) is 0. The predicted molar refractivity (Wildman–Crippen MR) is 91.1 cm³/mol. The Morgan fingerprint density at radius 1 is 1.08 bits per heavy atom. The highest BCUT2D eigenvalue weighted by Crippen LogP contribution is 2.69. The van der Waals surface area contributed by atoms with E-state index in [1.165, 1.54) is 0 Å². The van der Waals surface area contributed by atoms with E-state index in [0.717, 1.165) is 18.4 Å². The molecule has 0 heterocycles. The van der Waals surface area contributed by atoms with Crippen LogP contribution >= 0.6 is 0 Å². The highest BCUT2D eigenvalue weighted by molar-refractivity contribution is 5.28. The molecule has 0 aromatic carbocycles. The molecule has 4 aliphatic carbocycles. The molecule has 136 valence electrons. The molecule has 0 unspecified atom stereocenters. The number of allylic oxidation sites excluding steroid dienone is 1. The molecule has 0 saturated heterocycles. The third-order valence-corrected chi connectivity index (χ3v) is 8.52. The largest absolute Gasteiger partial charge is 0.392 e. The van der Waals surface area contributed by atoms with Crippen molar-refractivity contribution in [3.8, 4) is 0 Å². The molecule has 4 fully saturated rings. The number of hydrogen-bond acceptors (Lipinski definition) is 4. The molecule has 8 atom stereocenters. The zero-order valence-electron chi connectivity index (χ0n) is 15.1. The highest BCUT2D eigenvalue weighted by Gasteiger charge is 2.69. The minimum atomic E-state index is -1.07. The standard InChI is InChI=1S/C20H32O4/c1-11-12-7-15(21)17(2,3)16(22)13(12)8-19-9-18(4,23)20(24,10-19)6-5-14(11)19/h12-16,21-24H,1,5-10H2,2-4H3/t12-,13-,14+,15-,16-,18-,19-,20+/m1/s1. The maximum Gasteiger partial charge on any atom is 0.0936 e. The van der Waals surface area contributed by atoms with Crippen LogP contribution in [0.4, 0.5) is 0 Å². The zero-order valence-corrected chi connectivity index (χ0v) is 15.1. The molecule has 4 aliphatic rings. The minimum Gasteiger partial charge on any atom is -0.392 e. The minimum absolute atomic E-state index is 0.0587. The van der Waals surface area contributed by atoms with Crippen molar-refractivity contribution in [1.82, 2.24) is 0 Å². The maximum atomic E-state index is 11.0. The van der Waals surface area contributed by atoms with E-state index in [4.69, 9.17) is 0 Å². The Hall–Kier alpha value is -0.420. The molecular formula is C20H32O4. The lowest BCUT2D eigenvalue weighted by atomic mass is 9.48. The number of aliphatic hydroxyl groups is 4. The summed E-state index contributed by atoms with van der Waals surface area (Å²) in [7, 11) is 0. The second-order valence-electron chi connectivity index (χ2n) is 10.2. The van der Waals surface area contributed by atoms with Gasteiger partial charge in [0.1, 0.15) is 0 Å². The third-order valence-electron chi connectivity index (χ3n) is 8.52. The molecule has 4 saturated carbocycles. The normalized spacial score (nSPS) is 59.0. The van der Waals surface area contributed by atoms with Crippen molar-refractivity contribution >= 4 is 0 Å². The van der Waals surface area contributed by atoms with Gasteiger partial charge in [0, 0.05) is 5.41 Å². The fourth-order valence-corrected chi connectivity index (χ4v) is 6.94. The predicted octanol–water partition coefficient (Wildman–Crippen LogP) is 2.00. The Balaban J connectivity index is 1.74. The van der Waals surface area contributed by atoms with Crippen molar-refractivity contribution in [2.75, 3.05) is 0 Å². The Bertz CT molecular complexity index is 578. The van der Waals surface area contributed by atoms with E-state index in [-0.39, 0.29) is 23.2 Å². The molecule has 0 radical (unpaired) electrons. The van der Waals surface area contributed by atoms with Crippen LogP contribution in [0.15, 0.2) is 12.2 Å². The fraction of sp³-hybridized carbons (Fsp3) is 0.900. The molecule has 0 amide bonds. The van der Waals surface area contributed by atoms with Crippen LogP contribution in [0.3, 0.4) is 0 Å². The Morgan fingerprint density at radius 2 is 1.75 bits per heavy atom. The van der Waals surface area contributed by atoms with Crippen LogP contribution in [0.25, 0.3) is 0 Å². The average Bonchev–Trinajstić information content (AvgIpc) is 2.61. The molecular weight excluding hydrogens is 304 g/mol. The van der Waals surface area contributed by atoms with Crippen molar-refractivity contribution in [3.05, 3.63) is 12.2 Å². The van der Waals surface area contributed by atoms with Crippen LogP contribution in [-0.4, -0.2) is 43.8 Å². The number of rotatable bonds is 0. The van der Waals surface area contributed by atoms with Crippen LogP contribution in [0.1, 0.15) is 59.3 Å². The topological polar surface area (TPSA) is 80.9 Å². The summed E-state index contributed by atoms with van der Waals surface area (Å²) < 4.78 is 0. The van der Waals surface area contributed by atoms with E-state index in [1.54, 1.807) is 6.92 Å². The third kappa shape index (κ3) is 1.89. The summed E-state index contributed by atoms with van der Waals surface area (Å²) in [5.74, 6) is 0.493. The maximum absolute atomic E-state index is 11.0. The van der Waals surface area contributed by atoms with Crippen LogP contribution < -0.4 is 0 Å². The average molecular weight is 336 g/mol. The van der Waals surface area contributed by atoms with E-state index in [0.29, 0.717) is 25.7 Å². The van der Waals surface area contributed by atoms with Crippen LogP contribution in [0.5, 0.6) is 0 Å². The summed E-state index contributed by atoms with van der Waals surface area (Å²) in [5, 5.41) is 43.4. The molecule has 1 spiro atoms. The van der Waals surface area contributed by atoms with Crippen LogP contribution in [0, 0.1) is 28.6 Å². The van der Waals surface area contributed by atoms with Gasteiger partial charge in [-0.3, -0.25) is 0 Å². The van der Waals surface area contributed by atoms with Crippen molar-refractivity contribution in [2.24, 2.45) is 28.6 Å². The second kappa shape index (κ2) is 4.64. The molecule has 4 heteroatoms. The van der Waals surface area contributed by atoms with Gasteiger partial charge in [-0.15, -0.1) is 0 Å². The molecule has 4 N–H and O–H groups in total. The van der Waals surface area contributed by atoms with Crippen LogP contribution in [0.2, 0.25) is 0 Å². The van der Waals surface area contributed by atoms with Gasteiger partial charge in [-0.1, -0.05) is 26.0 Å². The lowest BCUT2D eigenvalue weighted by Crippen LogP contribution is -2.58. The summed E-state index contributed by atoms with van der Waals surface area (Å²) >= 11 is 0. The molecule has 2 bridgehead atoms. The lowest BCUT2D eigenvalue weighted by molar-refractivity contribution is -0.157. The lowest BCUT2D eigenvalue weighted by Gasteiger charge is -2.58. The summed E-state index contributed by atoms with van der Waals surface area (Å²) in [6.07, 6.45) is 3.03. The molecule has 4 nitrogen and oxygen atoms in total. The van der Waals surface area contributed by atoms with Gasteiger partial charge in [0.05, 0.1) is 23.4 Å². The first-order chi connectivity index (χ1) is 10.9. The molecule has 0 aromatic rings. The molecule has 0 aliphatic heterocycles. The highest BCUT2D eigenvalue weighted by atomic mass is 16.4. The van der Waals surface area contributed by atoms with E-state index >= 15 is 0 Å². The van der Waals surface area contributed by atoms with E-state index in [1.807, 2.05) is 13.8 Å². The number of fused-ring (bicyclic) bond motifs is 2. The van der Waals surface area contributed by atoms with Gasteiger partial charge in [-0.2, -0.15) is 0 Å². The van der Waals surface area contributed by atoms with Gasteiger partial charge in [-0.05, 0) is 68.6 Å². The first-order valence-electron chi connectivity index (χ1n) is 9.43. The monoisotopic (exact) mass is 336 g/mol. The van der Waals surface area contributed by atoms with Gasteiger partial charge in [0.2, 0.25) is 0 Å². The SMILES string of the molecule is C=C1[C@H]2C[C@@H](O)C(C)(C)[C@H](O)[C@@H]2C[C@@]23C[C@@](O)(CC[C@@H]12)[C@](C)(O)C3. The Morgan fingerprint density at radius 3 is 2.42 bits per heavy atom. The molecule has 4 rings (SSSR count). The molecule has 0 aromatic heterocycles. The van der Waals surface area contributed by atoms with E-state index < -0.39 is 28.8 Å². The quantitative estimate of drug-likeness (QED) is 0.510. The van der Waals surface area contributed by atoms with E-state index in [2.05, 4.69) is 6.58 Å². The summed E-state index contributed by atoms with van der Waals surface area (Å²) in [5.41, 5.74) is -1.63. The van der Waals surface area contributed by atoms with Crippen molar-refractivity contribution in [2.45, 2.75) is 82.7 Å². The van der Waals surface area contributed by atoms with Gasteiger partial charge >= 0.3 is 0 Å². The number of hydrogen-bond donors (Lipinski definition) is 4. The summed E-state index contributed by atoms with van der Waals surface area (Å²) in [6, 6.07) is 0.